The third-order valence-electron chi connectivity index (χ3n) is 3.20. The number of ketones is 1. The molecule has 0 amide bonds. The van der Waals surface area contributed by atoms with Crippen LogP contribution in [0.15, 0.2) is 40.9 Å². The zero-order valence-corrected chi connectivity index (χ0v) is 14.7. The Labute approximate surface area is 149 Å². The number of hydrogen-bond donors (Lipinski definition) is 1. The predicted molar refractivity (Wildman–Crippen MR) is 89.9 cm³/mol. The van der Waals surface area contributed by atoms with Gasteiger partial charge in [-0.25, -0.2) is 0 Å². The highest BCUT2D eigenvalue weighted by Crippen LogP contribution is 2.33. The zero-order valence-electron chi connectivity index (χ0n) is 12.4. The van der Waals surface area contributed by atoms with Gasteiger partial charge < -0.3 is 10.1 Å². The number of hydrogen-bond acceptors (Lipinski definition) is 3. The van der Waals surface area contributed by atoms with Crippen molar-refractivity contribution in [2.24, 2.45) is 0 Å². The average Bonchev–Trinajstić information content (AvgIpc) is 2.54. The molecule has 0 bridgehead atoms. The lowest BCUT2D eigenvalue weighted by molar-refractivity contribution is -0.0884. The van der Waals surface area contributed by atoms with E-state index in [2.05, 4.69) is 21.2 Å². The number of halogens is 5. The molecule has 0 heterocycles. The second-order valence-corrected chi connectivity index (χ2v) is 6.10. The molecule has 0 fully saturated rings. The number of carbonyl (C=O) groups excluding carboxylic acids is 1. The van der Waals surface area contributed by atoms with Crippen LogP contribution in [0.1, 0.15) is 15.9 Å². The molecule has 0 atom stereocenters. The Morgan fingerprint density at radius 3 is 2.42 bits per heavy atom. The molecule has 2 aromatic carbocycles. The molecular weight excluding hydrogens is 411 g/mol. The van der Waals surface area contributed by atoms with Crippen LogP contribution >= 0.6 is 27.5 Å². The summed E-state index contributed by atoms with van der Waals surface area (Å²) in [5.41, 5.74) is 0.334. The minimum absolute atomic E-state index is 0.0256. The molecule has 3 nitrogen and oxygen atoms in total. The normalized spacial score (nSPS) is 11.2. The number of ether oxygens (including phenoxy) is 1. The first-order valence-corrected chi connectivity index (χ1v) is 7.87. The summed E-state index contributed by atoms with van der Waals surface area (Å²) in [6.45, 7) is 0.232. The molecule has 0 saturated heterocycles. The monoisotopic (exact) mass is 421 g/mol. The van der Waals surface area contributed by atoms with Gasteiger partial charge in [0.2, 0.25) is 0 Å². The molecule has 8 heteroatoms. The maximum atomic E-state index is 12.7. The third kappa shape index (κ3) is 4.42. The third-order valence-corrected chi connectivity index (χ3v) is 4.40. The Balaban J connectivity index is 2.27. The van der Waals surface area contributed by atoms with Crippen LogP contribution in [0.3, 0.4) is 0 Å². The van der Waals surface area contributed by atoms with E-state index in [1.54, 1.807) is 24.3 Å². The molecule has 0 aromatic heterocycles. The quantitative estimate of drug-likeness (QED) is 0.650. The van der Waals surface area contributed by atoms with E-state index in [1.165, 1.54) is 13.2 Å². The fourth-order valence-corrected chi connectivity index (χ4v) is 2.48. The number of methoxy groups -OCH3 is 1. The van der Waals surface area contributed by atoms with Crippen molar-refractivity contribution in [2.75, 3.05) is 12.4 Å². The fraction of sp³-hybridized carbons (Fsp3) is 0.188. The van der Waals surface area contributed by atoms with Crippen molar-refractivity contribution in [1.82, 2.24) is 0 Å². The molecule has 0 aliphatic heterocycles. The summed E-state index contributed by atoms with van der Waals surface area (Å²) in [6.07, 6.45) is -4.98. The molecule has 2 aromatic rings. The zero-order chi connectivity index (χ0) is 17.9. The first kappa shape index (κ1) is 18.6. The van der Waals surface area contributed by atoms with Gasteiger partial charge in [-0.2, -0.15) is 13.2 Å². The van der Waals surface area contributed by atoms with Crippen LogP contribution < -0.4 is 10.1 Å². The number of carbonyl (C=O) groups is 1. The second-order valence-electron chi connectivity index (χ2n) is 4.84. The summed E-state index contributed by atoms with van der Waals surface area (Å²) < 4.78 is 43.7. The molecule has 24 heavy (non-hydrogen) atoms. The van der Waals surface area contributed by atoms with E-state index >= 15 is 0 Å². The minimum Gasteiger partial charge on any atom is -0.497 e. The van der Waals surface area contributed by atoms with Crippen molar-refractivity contribution in [3.63, 3.8) is 0 Å². The fourth-order valence-electron chi connectivity index (χ4n) is 1.97. The van der Waals surface area contributed by atoms with Gasteiger partial charge >= 0.3 is 6.18 Å². The molecule has 0 radical (unpaired) electrons. The minimum atomic E-state index is -4.98. The molecule has 0 unspecified atom stereocenters. The van der Waals surface area contributed by atoms with Crippen molar-refractivity contribution < 1.29 is 22.7 Å². The lowest BCUT2D eigenvalue weighted by Crippen LogP contribution is -2.24. The molecule has 2 rings (SSSR count). The topological polar surface area (TPSA) is 38.3 Å². The van der Waals surface area contributed by atoms with Gasteiger partial charge in [-0.15, -0.1) is 0 Å². The first-order valence-electron chi connectivity index (χ1n) is 6.69. The summed E-state index contributed by atoms with van der Waals surface area (Å²) in [6, 6.07) is 9.35. The highest BCUT2D eigenvalue weighted by Gasteiger charge is 2.40. The summed E-state index contributed by atoms with van der Waals surface area (Å²) in [7, 11) is 1.54. The van der Waals surface area contributed by atoms with E-state index in [0.29, 0.717) is 10.2 Å². The second kappa shape index (κ2) is 7.44. The van der Waals surface area contributed by atoms with Crippen molar-refractivity contribution in [2.45, 2.75) is 12.7 Å². The van der Waals surface area contributed by atoms with Gasteiger partial charge in [0.1, 0.15) is 5.75 Å². The highest BCUT2D eigenvalue weighted by atomic mass is 79.9. The van der Waals surface area contributed by atoms with Gasteiger partial charge in [0.25, 0.3) is 5.78 Å². The van der Waals surface area contributed by atoms with Crippen LogP contribution in [0.25, 0.3) is 0 Å². The predicted octanol–water partition coefficient (Wildman–Crippen LogP) is 5.47. The lowest BCUT2D eigenvalue weighted by Gasteiger charge is -2.14. The lowest BCUT2D eigenvalue weighted by atomic mass is 10.1. The van der Waals surface area contributed by atoms with E-state index in [1.807, 2.05) is 0 Å². The Morgan fingerprint density at radius 2 is 1.88 bits per heavy atom. The summed E-state index contributed by atoms with van der Waals surface area (Å²) in [4.78, 5) is 11.6. The number of Topliss-reactive ketones (excluding diaryl/α,β-unsaturated/α-hetero) is 1. The smallest absolute Gasteiger partial charge is 0.454 e. The number of anilines is 1. The van der Waals surface area contributed by atoms with Gasteiger partial charge in [0.05, 0.1) is 17.7 Å². The number of alkyl halides is 3. The molecule has 0 aliphatic rings. The Kier molecular flexibility index (Phi) is 5.77. The number of rotatable bonds is 5. The van der Waals surface area contributed by atoms with Crippen molar-refractivity contribution >= 4 is 39.0 Å². The van der Waals surface area contributed by atoms with Crippen LogP contribution in [-0.4, -0.2) is 19.1 Å². The molecule has 0 spiro atoms. The molecule has 1 N–H and O–H groups in total. The van der Waals surface area contributed by atoms with Gasteiger partial charge in [0.15, 0.2) is 0 Å². The molecule has 0 saturated carbocycles. The molecular formula is C16H12BrClF3NO2. The maximum Gasteiger partial charge on any atom is 0.454 e. The first-order chi connectivity index (χ1) is 11.2. The van der Waals surface area contributed by atoms with E-state index in [-0.39, 0.29) is 17.3 Å². The van der Waals surface area contributed by atoms with E-state index in [9.17, 15) is 18.0 Å². The average molecular weight is 423 g/mol. The summed E-state index contributed by atoms with van der Waals surface area (Å²) in [5, 5.41) is 2.86. The molecule has 128 valence electrons. The van der Waals surface area contributed by atoms with Crippen molar-refractivity contribution in [1.29, 1.82) is 0 Å². The van der Waals surface area contributed by atoms with E-state index in [0.717, 1.165) is 11.6 Å². The van der Waals surface area contributed by atoms with Crippen LogP contribution in [0.2, 0.25) is 5.02 Å². The van der Waals surface area contributed by atoms with Crippen molar-refractivity contribution in [3.8, 4) is 5.75 Å². The van der Waals surface area contributed by atoms with Crippen LogP contribution in [0.5, 0.6) is 5.75 Å². The number of nitrogens with one attached hydrogen (secondary N) is 1. The van der Waals surface area contributed by atoms with Gasteiger partial charge in [0, 0.05) is 16.7 Å². The van der Waals surface area contributed by atoms with Crippen LogP contribution in [0, 0.1) is 0 Å². The standard InChI is InChI=1S/C16H12BrClF3NO2/c1-24-10-4-2-9(3-5-10)8-22-14-7-12(17)13(18)6-11(14)15(23)16(19,20)21/h2-7,22H,8H2,1H3. The van der Waals surface area contributed by atoms with Gasteiger partial charge in [-0.1, -0.05) is 23.7 Å². The van der Waals surface area contributed by atoms with E-state index in [4.69, 9.17) is 16.3 Å². The van der Waals surface area contributed by atoms with E-state index < -0.39 is 17.5 Å². The number of benzene rings is 2. The Bertz CT molecular complexity index is 748. The Hall–Kier alpha value is -1.73. The van der Waals surface area contributed by atoms with Gasteiger partial charge in [-0.05, 0) is 45.8 Å². The largest absolute Gasteiger partial charge is 0.497 e. The molecule has 0 aliphatic carbocycles. The SMILES string of the molecule is COc1ccc(CNc2cc(Br)c(Cl)cc2C(=O)C(F)(F)F)cc1. The maximum absolute atomic E-state index is 12.7. The van der Waals surface area contributed by atoms with Gasteiger partial charge in [-0.3, -0.25) is 4.79 Å². The summed E-state index contributed by atoms with van der Waals surface area (Å²) in [5.74, 6) is -1.28. The van der Waals surface area contributed by atoms with Crippen LogP contribution in [0.4, 0.5) is 18.9 Å². The highest BCUT2D eigenvalue weighted by molar-refractivity contribution is 9.10. The van der Waals surface area contributed by atoms with Crippen molar-refractivity contribution in [3.05, 3.63) is 57.0 Å². The summed E-state index contributed by atoms with van der Waals surface area (Å²) >= 11 is 8.97. The van der Waals surface area contributed by atoms with Crippen LogP contribution in [-0.2, 0) is 6.54 Å². The Morgan fingerprint density at radius 1 is 1.25 bits per heavy atom.